The molecule has 4 atom stereocenters. The first kappa shape index (κ1) is 15.5. The number of carbonyl (C=O) groups excluding carboxylic acids is 1. The van der Waals surface area contributed by atoms with Gasteiger partial charge in [-0.2, -0.15) is 0 Å². The smallest absolute Gasteiger partial charge is 0.174 e. The van der Waals surface area contributed by atoms with Crippen molar-refractivity contribution in [3.05, 3.63) is 23.3 Å². The van der Waals surface area contributed by atoms with E-state index in [-0.39, 0.29) is 28.5 Å². The van der Waals surface area contributed by atoms with Crippen LogP contribution in [0.5, 0.6) is 11.5 Å². The number of rotatable bonds is 3. The average Bonchev–Trinajstić information content (AvgIpc) is 3.38. The minimum absolute atomic E-state index is 0.102. The summed E-state index contributed by atoms with van der Waals surface area (Å²) in [6.45, 7) is 4.60. The highest BCUT2D eigenvalue weighted by molar-refractivity contribution is 5.89. The second-order valence-electron chi connectivity index (χ2n) is 9.30. The van der Waals surface area contributed by atoms with Crippen LogP contribution >= 0.6 is 0 Å². The first-order valence-electron chi connectivity index (χ1n) is 10.4. The number of phenolic OH excluding ortho intramolecular Hbond substituents is 1. The molecule has 1 aromatic carbocycles. The third-order valence-corrected chi connectivity index (χ3v) is 8.46. The van der Waals surface area contributed by atoms with Gasteiger partial charge in [0.15, 0.2) is 23.4 Å². The van der Waals surface area contributed by atoms with Gasteiger partial charge in [0, 0.05) is 30.0 Å². The second-order valence-corrected chi connectivity index (χ2v) is 9.30. The molecule has 5 aliphatic rings. The summed E-state index contributed by atoms with van der Waals surface area (Å²) in [4.78, 5) is 15.7. The summed E-state index contributed by atoms with van der Waals surface area (Å²) in [5, 5.41) is 10.5. The van der Waals surface area contributed by atoms with Crippen LogP contribution in [0.25, 0.3) is 0 Å². The molecule has 4 nitrogen and oxygen atoms in total. The van der Waals surface area contributed by atoms with E-state index >= 15 is 0 Å². The molecule has 2 heterocycles. The van der Waals surface area contributed by atoms with Gasteiger partial charge in [-0.15, -0.1) is 0 Å². The van der Waals surface area contributed by atoms with Gasteiger partial charge in [0.1, 0.15) is 0 Å². The molecule has 6 rings (SSSR count). The fourth-order valence-electron chi connectivity index (χ4n) is 7.20. The summed E-state index contributed by atoms with van der Waals surface area (Å²) >= 11 is 0. The van der Waals surface area contributed by atoms with Gasteiger partial charge in [0.25, 0.3) is 0 Å². The van der Waals surface area contributed by atoms with Crippen molar-refractivity contribution in [2.75, 3.05) is 13.1 Å². The van der Waals surface area contributed by atoms with Gasteiger partial charge < -0.3 is 9.84 Å². The number of benzene rings is 1. The van der Waals surface area contributed by atoms with Crippen LogP contribution in [-0.2, 0) is 16.6 Å². The SMILES string of the molecule is CC[C@@]12CCC(=O)[C@@H]3Oc4c(O)ccc5c4[C@@]31CCN(CC1CC1)[C@@H]2C5. The molecule has 3 fully saturated rings. The fourth-order valence-corrected chi connectivity index (χ4v) is 7.20. The summed E-state index contributed by atoms with van der Waals surface area (Å²) < 4.78 is 6.26. The fraction of sp³-hybridized carbons (Fsp3) is 0.682. The van der Waals surface area contributed by atoms with E-state index < -0.39 is 0 Å². The summed E-state index contributed by atoms with van der Waals surface area (Å²) in [7, 11) is 0. The quantitative estimate of drug-likeness (QED) is 0.907. The zero-order valence-corrected chi connectivity index (χ0v) is 15.5. The van der Waals surface area contributed by atoms with Crippen molar-refractivity contribution in [2.45, 2.75) is 69.4 Å². The number of phenols is 1. The first-order chi connectivity index (χ1) is 12.6. The van der Waals surface area contributed by atoms with Gasteiger partial charge in [-0.25, -0.2) is 0 Å². The molecule has 138 valence electrons. The van der Waals surface area contributed by atoms with Gasteiger partial charge in [0.05, 0.1) is 5.41 Å². The molecule has 2 aliphatic heterocycles. The molecule has 1 saturated heterocycles. The molecular formula is C22H27NO3. The number of ether oxygens (including phenoxy) is 1. The Kier molecular flexibility index (Phi) is 2.88. The van der Waals surface area contributed by atoms with E-state index in [1.807, 2.05) is 0 Å². The Morgan fingerprint density at radius 2 is 2.15 bits per heavy atom. The highest BCUT2D eigenvalue weighted by Crippen LogP contribution is 2.69. The number of carbonyl (C=O) groups is 1. The Balaban J connectivity index is 1.60. The van der Waals surface area contributed by atoms with Crippen LogP contribution in [0, 0.1) is 11.3 Å². The van der Waals surface area contributed by atoms with E-state index in [2.05, 4.69) is 17.9 Å². The lowest BCUT2D eigenvalue weighted by molar-refractivity contribution is -0.156. The molecule has 3 aliphatic carbocycles. The number of ketones is 1. The van der Waals surface area contributed by atoms with Crippen molar-refractivity contribution >= 4 is 5.78 Å². The van der Waals surface area contributed by atoms with Crippen molar-refractivity contribution < 1.29 is 14.6 Å². The molecule has 0 amide bonds. The molecule has 4 heteroatoms. The third kappa shape index (κ3) is 1.60. The van der Waals surface area contributed by atoms with Crippen LogP contribution in [0.4, 0.5) is 0 Å². The normalized spacial score (nSPS) is 40.3. The van der Waals surface area contributed by atoms with Gasteiger partial charge in [0.2, 0.25) is 0 Å². The van der Waals surface area contributed by atoms with Crippen molar-refractivity contribution in [3.8, 4) is 11.5 Å². The molecule has 2 saturated carbocycles. The molecule has 2 bridgehead atoms. The second kappa shape index (κ2) is 4.83. The monoisotopic (exact) mass is 353 g/mol. The van der Waals surface area contributed by atoms with E-state index in [0.29, 0.717) is 18.2 Å². The summed E-state index contributed by atoms with van der Waals surface area (Å²) in [6.07, 6.45) is 7.09. The minimum Gasteiger partial charge on any atom is -0.504 e. The van der Waals surface area contributed by atoms with E-state index in [4.69, 9.17) is 4.74 Å². The van der Waals surface area contributed by atoms with Gasteiger partial charge in [-0.05, 0) is 62.6 Å². The molecule has 1 spiro atoms. The molecule has 0 radical (unpaired) electrons. The number of Topliss-reactive ketones (excluding diaryl/α,β-unsaturated/α-hetero) is 1. The molecule has 1 N–H and O–H groups in total. The highest BCUT2D eigenvalue weighted by Gasteiger charge is 2.72. The van der Waals surface area contributed by atoms with Crippen molar-refractivity contribution in [1.82, 2.24) is 4.90 Å². The van der Waals surface area contributed by atoms with Crippen LogP contribution in [0.2, 0.25) is 0 Å². The summed E-state index contributed by atoms with van der Waals surface area (Å²) in [5.41, 5.74) is 2.39. The number of piperidine rings is 1. The number of likely N-dealkylation sites (tertiary alicyclic amines) is 1. The Labute approximate surface area is 154 Å². The van der Waals surface area contributed by atoms with Crippen molar-refractivity contribution in [2.24, 2.45) is 11.3 Å². The van der Waals surface area contributed by atoms with Crippen LogP contribution < -0.4 is 4.74 Å². The Bertz CT molecular complexity index is 816. The van der Waals surface area contributed by atoms with Crippen LogP contribution in [0.15, 0.2) is 12.1 Å². The molecule has 0 unspecified atom stereocenters. The lowest BCUT2D eigenvalue weighted by Gasteiger charge is -2.65. The third-order valence-electron chi connectivity index (χ3n) is 8.46. The van der Waals surface area contributed by atoms with E-state index in [9.17, 15) is 9.90 Å². The van der Waals surface area contributed by atoms with Gasteiger partial charge in [-0.3, -0.25) is 9.69 Å². The van der Waals surface area contributed by atoms with Crippen LogP contribution in [0.1, 0.15) is 56.6 Å². The van der Waals surface area contributed by atoms with E-state index in [0.717, 1.165) is 38.1 Å². The molecule has 1 aromatic rings. The lowest BCUT2D eigenvalue weighted by atomic mass is 9.42. The minimum atomic E-state index is -0.385. The molecule has 26 heavy (non-hydrogen) atoms. The first-order valence-corrected chi connectivity index (χ1v) is 10.4. The standard InChI is InChI=1S/C22H27NO3/c1-2-21-8-7-16(25)20-22(21)9-10-23(12-13-3-4-13)17(21)11-14-5-6-15(24)19(26-20)18(14)22/h5-6,13,17,20,24H,2-4,7-12H2,1H3/t17-,20+,21+,22+/m1/s1. The maximum absolute atomic E-state index is 12.9. The maximum atomic E-state index is 12.9. The molecule has 0 aromatic heterocycles. The average molecular weight is 353 g/mol. The number of hydrogen-bond donors (Lipinski definition) is 1. The largest absolute Gasteiger partial charge is 0.504 e. The van der Waals surface area contributed by atoms with Crippen molar-refractivity contribution in [3.63, 3.8) is 0 Å². The number of nitrogens with zero attached hydrogens (tertiary/aromatic N) is 1. The van der Waals surface area contributed by atoms with E-state index in [1.54, 1.807) is 6.07 Å². The predicted octanol–water partition coefficient (Wildman–Crippen LogP) is 3.19. The summed E-state index contributed by atoms with van der Waals surface area (Å²) in [6, 6.07) is 4.37. The number of hydrogen-bond acceptors (Lipinski definition) is 4. The zero-order valence-electron chi connectivity index (χ0n) is 15.5. The predicted molar refractivity (Wildman–Crippen MR) is 97.6 cm³/mol. The summed E-state index contributed by atoms with van der Waals surface area (Å²) in [5.74, 6) is 1.96. The van der Waals surface area contributed by atoms with Crippen LogP contribution in [0.3, 0.4) is 0 Å². The van der Waals surface area contributed by atoms with E-state index in [1.165, 1.54) is 30.5 Å². The maximum Gasteiger partial charge on any atom is 0.174 e. The number of aromatic hydroxyl groups is 1. The van der Waals surface area contributed by atoms with Crippen molar-refractivity contribution in [1.29, 1.82) is 0 Å². The zero-order chi connectivity index (χ0) is 17.7. The topological polar surface area (TPSA) is 49.8 Å². The Morgan fingerprint density at radius 3 is 2.92 bits per heavy atom. The molecular weight excluding hydrogens is 326 g/mol. The Hall–Kier alpha value is -1.55. The van der Waals surface area contributed by atoms with Gasteiger partial charge >= 0.3 is 0 Å². The Morgan fingerprint density at radius 1 is 1.31 bits per heavy atom. The van der Waals surface area contributed by atoms with Gasteiger partial charge in [-0.1, -0.05) is 13.0 Å². The highest BCUT2D eigenvalue weighted by atomic mass is 16.5. The van der Waals surface area contributed by atoms with Crippen LogP contribution in [-0.4, -0.2) is 41.0 Å². The lowest BCUT2D eigenvalue weighted by Crippen LogP contribution is -2.72.